The van der Waals surface area contributed by atoms with E-state index in [1.54, 1.807) is 0 Å². The summed E-state index contributed by atoms with van der Waals surface area (Å²) in [7, 11) is 1.46. The number of nitrogens with zero attached hydrogens (tertiary/aromatic N) is 1. The first-order chi connectivity index (χ1) is 8.72. The minimum absolute atomic E-state index is 0.518. The van der Waals surface area contributed by atoms with Gasteiger partial charge in [0.2, 0.25) is 0 Å². The largest absolute Gasteiger partial charge is 0.384 e. The van der Waals surface area contributed by atoms with Crippen molar-refractivity contribution in [1.29, 1.82) is 0 Å². The molecule has 0 amide bonds. The van der Waals surface area contributed by atoms with E-state index in [1.165, 1.54) is 8.93 Å². The molecule has 0 spiro atoms. The maximum absolute atomic E-state index is 5.78. The van der Waals surface area contributed by atoms with Gasteiger partial charge in [-0.3, -0.25) is 0 Å². The van der Waals surface area contributed by atoms with E-state index >= 15 is 0 Å². The Bertz CT molecular complexity index is 600. The Morgan fingerprint density at radius 3 is 2.72 bits per heavy atom. The highest BCUT2D eigenvalue weighted by atomic mass is 127. The van der Waals surface area contributed by atoms with Gasteiger partial charge in [0.25, 0.3) is 0 Å². The van der Waals surface area contributed by atoms with Crippen LogP contribution in [0.25, 0.3) is 10.9 Å². The standard InChI is InChI=1S/C12H9IN2S.C2H6/c1-8-3-2-4-10-9(5-6-16-13)7-11(14)15-12(8)10;1-2/h2-4,7H,1H3,(H2,14,15);1-2H3. The highest BCUT2D eigenvalue weighted by Crippen LogP contribution is 2.22. The quantitative estimate of drug-likeness (QED) is 0.547. The monoisotopic (exact) mass is 370 g/mol. The number of anilines is 1. The van der Waals surface area contributed by atoms with Gasteiger partial charge in [0.15, 0.2) is 0 Å². The molecule has 94 valence electrons. The number of halogens is 1. The number of benzene rings is 1. The number of rotatable bonds is 0. The van der Waals surface area contributed by atoms with Crippen LogP contribution in [0.3, 0.4) is 0 Å². The number of para-hydroxylation sites is 1. The fourth-order valence-electron chi connectivity index (χ4n) is 1.59. The molecule has 2 nitrogen and oxygen atoms in total. The van der Waals surface area contributed by atoms with Crippen molar-refractivity contribution in [2.45, 2.75) is 20.8 Å². The van der Waals surface area contributed by atoms with Crippen LogP contribution < -0.4 is 5.73 Å². The number of aromatic nitrogens is 1. The van der Waals surface area contributed by atoms with Crippen LogP contribution in [0.4, 0.5) is 5.82 Å². The molecular weight excluding hydrogens is 355 g/mol. The molecular formula is C14H15IN2S. The number of hydrogen-bond donors (Lipinski definition) is 1. The fraction of sp³-hybridized carbons (Fsp3) is 0.214. The van der Waals surface area contributed by atoms with Crippen LogP contribution in [-0.2, 0) is 0 Å². The number of nitrogens with two attached hydrogens (primary N) is 1. The van der Waals surface area contributed by atoms with Crippen LogP contribution in [0.2, 0.25) is 0 Å². The number of nitrogen functional groups attached to an aromatic ring is 1. The highest BCUT2D eigenvalue weighted by molar-refractivity contribution is 14.2. The topological polar surface area (TPSA) is 38.9 Å². The molecule has 0 aliphatic rings. The third-order valence-electron chi connectivity index (χ3n) is 2.29. The Morgan fingerprint density at radius 2 is 2.06 bits per heavy atom. The first-order valence-corrected chi connectivity index (χ1v) is 9.02. The van der Waals surface area contributed by atoms with Crippen molar-refractivity contribution in [2.75, 3.05) is 5.73 Å². The Kier molecular flexibility index (Phi) is 6.30. The van der Waals surface area contributed by atoms with Gasteiger partial charge in [-0.25, -0.2) is 4.98 Å². The molecule has 0 fully saturated rings. The second-order valence-electron chi connectivity index (χ2n) is 3.37. The summed E-state index contributed by atoms with van der Waals surface area (Å²) in [6.07, 6.45) is 0. The lowest BCUT2D eigenvalue weighted by molar-refractivity contribution is 1.36. The fourth-order valence-corrected chi connectivity index (χ4v) is 2.07. The van der Waals surface area contributed by atoms with Crippen LogP contribution in [0.5, 0.6) is 0 Å². The zero-order chi connectivity index (χ0) is 13.5. The molecule has 0 unspecified atom stereocenters. The molecule has 0 bridgehead atoms. The molecule has 2 N–H and O–H groups in total. The van der Waals surface area contributed by atoms with Gasteiger partial charge in [-0.15, -0.1) is 0 Å². The van der Waals surface area contributed by atoms with E-state index in [9.17, 15) is 0 Å². The Balaban J connectivity index is 0.000000771. The van der Waals surface area contributed by atoms with Crippen LogP contribution in [0.1, 0.15) is 25.0 Å². The van der Waals surface area contributed by atoms with Crippen molar-refractivity contribution < 1.29 is 0 Å². The van der Waals surface area contributed by atoms with E-state index in [2.05, 4.69) is 37.4 Å². The number of hydrogen-bond acceptors (Lipinski definition) is 3. The zero-order valence-corrected chi connectivity index (χ0v) is 13.6. The minimum atomic E-state index is 0.518. The van der Waals surface area contributed by atoms with E-state index in [4.69, 9.17) is 5.73 Å². The predicted octanol–water partition coefficient (Wildman–Crippen LogP) is 4.54. The normalized spacial score (nSPS) is 9.11. The SMILES string of the molecule is CC.Cc1cccc2c(C#CSI)cc(N)nc12. The molecule has 4 heteroatoms. The average Bonchev–Trinajstić information content (AvgIpc) is 2.39. The second-order valence-corrected chi connectivity index (χ2v) is 5.05. The van der Waals surface area contributed by atoms with Gasteiger partial charge in [-0.2, -0.15) is 0 Å². The average molecular weight is 370 g/mol. The smallest absolute Gasteiger partial charge is 0.125 e. The van der Waals surface area contributed by atoms with Gasteiger partial charge in [0, 0.05) is 32.2 Å². The minimum Gasteiger partial charge on any atom is -0.384 e. The van der Waals surface area contributed by atoms with E-state index in [1.807, 2.05) is 45.0 Å². The molecule has 0 radical (unpaired) electrons. The number of aryl methyl sites for hydroxylation is 1. The second kappa shape index (κ2) is 7.49. The summed E-state index contributed by atoms with van der Waals surface area (Å²) in [5.74, 6) is 3.61. The van der Waals surface area contributed by atoms with Gasteiger partial charge in [0.05, 0.1) is 5.52 Å². The third-order valence-corrected chi connectivity index (χ3v) is 3.13. The van der Waals surface area contributed by atoms with Gasteiger partial charge >= 0.3 is 0 Å². The van der Waals surface area contributed by atoms with Crippen molar-refractivity contribution >= 4 is 46.9 Å². The van der Waals surface area contributed by atoms with Crippen molar-refractivity contribution in [1.82, 2.24) is 4.98 Å². The lowest BCUT2D eigenvalue weighted by atomic mass is 10.1. The molecule has 2 rings (SSSR count). The summed E-state index contributed by atoms with van der Waals surface area (Å²) in [5, 5.41) is 4.04. The van der Waals surface area contributed by atoms with E-state index in [-0.39, 0.29) is 0 Å². The van der Waals surface area contributed by atoms with Crippen molar-refractivity contribution in [2.24, 2.45) is 0 Å². The van der Waals surface area contributed by atoms with E-state index < -0.39 is 0 Å². The summed E-state index contributed by atoms with van der Waals surface area (Å²) >= 11 is 2.15. The maximum Gasteiger partial charge on any atom is 0.125 e. The summed E-state index contributed by atoms with van der Waals surface area (Å²) in [5.41, 5.74) is 8.77. The van der Waals surface area contributed by atoms with Crippen LogP contribution in [0.15, 0.2) is 24.3 Å². The molecule has 1 aromatic carbocycles. The predicted molar refractivity (Wildman–Crippen MR) is 90.7 cm³/mol. The first kappa shape index (κ1) is 15.1. The molecule has 0 aliphatic heterocycles. The van der Waals surface area contributed by atoms with Crippen LogP contribution in [-0.4, -0.2) is 4.98 Å². The third kappa shape index (κ3) is 3.53. The molecule has 1 heterocycles. The number of pyridine rings is 1. The highest BCUT2D eigenvalue weighted by Gasteiger charge is 2.04. The molecule has 0 aliphatic carbocycles. The maximum atomic E-state index is 5.78. The van der Waals surface area contributed by atoms with Gasteiger partial charge in [-0.1, -0.05) is 38.0 Å². The van der Waals surface area contributed by atoms with E-state index in [0.717, 1.165) is 22.0 Å². The number of fused-ring (bicyclic) bond motifs is 1. The van der Waals surface area contributed by atoms with Crippen molar-refractivity contribution in [3.05, 3.63) is 35.4 Å². The Labute approximate surface area is 124 Å². The molecule has 0 atom stereocenters. The first-order valence-electron chi connectivity index (χ1n) is 5.67. The van der Waals surface area contributed by atoms with Crippen LogP contribution >= 0.6 is 30.1 Å². The van der Waals surface area contributed by atoms with Gasteiger partial charge < -0.3 is 5.73 Å². The molecule has 18 heavy (non-hydrogen) atoms. The summed E-state index contributed by atoms with van der Waals surface area (Å²) in [4.78, 5) is 4.35. The Hall–Kier alpha value is -0.930. The molecule has 0 saturated carbocycles. The molecule has 2 aromatic rings. The lowest BCUT2D eigenvalue weighted by Crippen LogP contribution is -1.94. The Morgan fingerprint density at radius 1 is 1.33 bits per heavy atom. The van der Waals surface area contributed by atoms with Gasteiger partial charge in [0.1, 0.15) is 5.82 Å². The zero-order valence-electron chi connectivity index (χ0n) is 10.6. The molecule has 1 aromatic heterocycles. The van der Waals surface area contributed by atoms with Crippen LogP contribution in [0, 0.1) is 18.1 Å². The summed E-state index contributed by atoms with van der Waals surface area (Å²) in [6, 6.07) is 7.88. The van der Waals surface area contributed by atoms with Gasteiger partial charge in [-0.05, 0) is 32.7 Å². The van der Waals surface area contributed by atoms with Crippen molar-refractivity contribution in [3.8, 4) is 11.2 Å². The molecule has 0 saturated heterocycles. The lowest BCUT2D eigenvalue weighted by Gasteiger charge is -2.04. The van der Waals surface area contributed by atoms with E-state index in [0.29, 0.717) is 5.82 Å². The summed E-state index contributed by atoms with van der Waals surface area (Å²) < 4.78 is 0. The summed E-state index contributed by atoms with van der Waals surface area (Å²) in [6.45, 7) is 6.03. The van der Waals surface area contributed by atoms with Crippen molar-refractivity contribution in [3.63, 3.8) is 0 Å².